The average Bonchev–Trinajstić information content (AvgIpc) is 2.52. The zero-order valence-corrected chi connectivity index (χ0v) is 14.8. The predicted octanol–water partition coefficient (Wildman–Crippen LogP) is 4.01. The van der Waals surface area contributed by atoms with E-state index in [1.165, 1.54) is 12.1 Å². The number of hydrogen-bond acceptors (Lipinski definition) is 2. The summed E-state index contributed by atoms with van der Waals surface area (Å²) < 4.78 is 13.9. The van der Waals surface area contributed by atoms with Gasteiger partial charge in [0.2, 0.25) is 0 Å². The minimum absolute atomic E-state index is 0.148. The topological polar surface area (TPSA) is 32.3 Å². The van der Waals surface area contributed by atoms with Gasteiger partial charge in [-0.05, 0) is 72.8 Å². The fraction of sp³-hybridized carbons (Fsp3) is 0.278. The van der Waals surface area contributed by atoms with Crippen LogP contribution in [0.25, 0.3) is 0 Å². The predicted molar refractivity (Wildman–Crippen MR) is 93.9 cm³/mol. The molecule has 0 saturated heterocycles. The molecule has 0 bridgehead atoms. The van der Waals surface area contributed by atoms with Crippen LogP contribution >= 0.6 is 15.9 Å². The van der Waals surface area contributed by atoms with Crippen molar-refractivity contribution >= 4 is 21.8 Å². The SMILES string of the molecule is CN(C)CCC(NC(=O)c1ccccc1Br)c1ccc(F)cc1. The van der Waals surface area contributed by atoms with E-state index >= 15 is 0 Å². The Morgan fingerprint density at radius 1 is 1.17 bits per heavy atom. The number of halogens is 2. The molecular weight excluding hydrogens is 359 g/mol. The lowest BCUT2D eigenvalue weighted by Gasteiger charge is -2.21. The van der Waals surface area contributed by atoms with Gasteiger partial charge in [-0.15, -0.1) is 0 Å². The van der Waals surface area contributed by atoms with Crippen LogP contribution in [0, 0.1) is 5.82 Å². The van der Waals surface area contributed by atoms with Crippen LogP contribution in [0.2, 0.25) is 0 Å². The van der Waals surface area contributed by atoms with E-state index in [-0.39, 0.29) is 17.8 Å². The molecule has 0 spiro atoms. The number of carbonyl (C=O) groups excluding carboxylic acids is 1. The van der Waals surface area contributed by atoms with Crippen LogP contribution in [0.1, 0.15) is 28.4 Å². The van der Waals surface area contributed by atoms with Gasteiger partial charge in [0.1, 0.15) is 5.82 Å². The lowest BCUT2D eigenvalue weighted by Crippen LogP contribution is -2.31. The number of nitrogens with one attached hydrogen (secondary N) is 1. The smallest absolute Gasteiger partial charge is 0.252 e. The molecule has 0 fully saturated rings. The molecule has 2 aromatic carbocycles. The van der Waals surface area contributed by atoms with Crippen LogP contribution in [0.4, 0.5) is 4.39 Å². The summed E-state index contributed by atoms with van der Waals surface area (Å²) in [5.74, 6) is -0.428. The van der Waals surface area contributed by atoms with Gasteiger partial charge in [0.25, 0.3) is 5.91 Å². The number of carbonyl (C=O) groups is 1. The van der Waals surface area contributed by atoms with Crippen molar-refractivity contribution < 1.29 is 9.18 Å². The van der Waals surface area contributed by atoms with Crippen LogP contribution in [-0.2, 0) is 0 Å². The molecule has 0 radical (unpaired) electrons. The molecule has 1 atom stereocenters. The Labute approximate surface area is 144 Å². The quantitative estimate of drug-likeness (QED) is 0.823. The Kier molecular flexibility index (Phi) is 6.30. The minimum Gasteiger partial charge on any atom is -0.345 e. The Morgan fingerprint density at radius 2 is 1.83 bits per heavy atom. The summed E-state index contributed by atoms with van der Waals surface area (Å²) in [6, 6.07) is 13.4. The highest BCUT2D eigenvalue weighted by Crippen LogP contribution is 2.21. The van der Waals surface area contributed by atoms with E-state index in [1.54, 1.807) is 18.2 Å². The molecule has 1 amide bonds. The fourth-order valence-electron chi connectivity index (χ4n) is 2.29. The number of amides is 1. The normalized spacial score (nSPS) is 12.2. The van der Waals surface area contributed by atoms with Gasteiger partial charge in [-0.25, -0.2) is 4.39 Å². The second kappa shape index (κ2) is 8.22. The van der Waals surface area contributed by atoms with Crippen LogP contribution in [0.3, 0.4) is 0 Å². The van der Waals surface area contributed by atoms with E-state index in [0.29, 0.717) is 5.56 Å². The molecule has 2 rings (SSSR count). The minimum atomic E-state index is -0.280. The van der Waals surface area contributed by atoms with Crippen LogP contribution in [0.5, 0.6) is 0 Å². The van der Waals surface area contributed by atoms with Crippen LogP contribution in [0.15, 0.2) is 53.0 Å². The zero-order valence-electron chi connectivity index (χ0n) is 13.2. The summed E-state index contributed by atoms with van der Waals surface area (Å²) >= 11 is 3.40. The molecule has 0 aliphatic heterocycles. The lowest BCUT2D eigenvalue weighted by atomic mass is 10.0. The summed E-state index contributed by atoms with van der Waals surface area (Å²) in [5, 5.41) is 3.05. The van der Waals surface area contributed by atoms with Crippen molar-refractivity contribution in [2.75, 3.05) is 20.6 Å². The first-order valence-corrected chi connectivity index (χ1v) is 8.22. The van der Waals surface area contributed by atoms with Crippen molar-refractivity contribution in [3.8, 4) is 0 Å². The second-order valence-corrected chi connectivity index (χ2v) is 6.50. The van der Waals surface area contributed by atoms with Gasteiger partial charge in [-0.1, -0.05) is 24.3 Å². The van der Waals surface area contributed by atoms with E-state index in [0.717, 1.165) is 23.0 Å². The van der Waals surface area contributed by atoms with Gasteiger partial charge in [0.15, 0.2) is 0 Å². The number of rotatable bonds is 6. The van der Waals surface area contributed by atoms with Gasteiger partial charge in [0, 0.05) is 4.47 Å². The second-order valence-electron chi connectivity index (χ2n) is 5.65. The monoisotopic (exact) mass is 378 g/mol. The van der Waals surface area contributed by atoms with E-state index < -0.39 is 0 Å². The van der Waals surface area contributed by atoms with E-state index in [4.69, 9.17) is 0 Å². The third-order valence-corrected chi connectivity index (χ3v) is 4.25. The van der Waals surface area contributed by atoms with Crippen molar-refractivity contribution in [3.05, 3.63) is 69.9 Å². The zero-order chi connectivity index (χ0) is 16.8. The lowest BCUT2D eigenvalue weighted by molar-refractivity contribution is 0.0932. The highest BCUT2D eigenvalue weighted by Gasteiger charge is 2.17. The Bertz CT molecular complexity index is 658. The maximum atomic E-state index is 13.1. The molecule has 1 unspecified atom stereocenters. The largest absolute Gasteiger partial charge is 0.345 e. The molecule has 0 aliphatic carbocycles. The van der Waals surface area contributed by atoms with Crippen molar-refractivity contribution in [2.24, 2.45) is 0 Å². The Morgan fingerprint density at radius 3 is 2.43 bits per heavy atom. The van der Waals surface area contributed by atoms with Gasteiger partial charge in [0.05, 0.1) is 11.6 Å². The van der Waals surface area contributed by atoms with E-state index in [1.807, 2.05) is 32.3 Å². The third-order valence-electron chi connectivity index (χ3n) is 3.56. The maximum absolute atomic E-state index is 13.1. The molecule has 0 saturated carbocycles. The first kappa shape index (κ1) is 17.6. The van der Waals surface area contributed by atoms with Crippen molar-refractivity contribution in [2.45, 2.75) is 12.5 Å². The molecule has 0 heterocycles. The van der Waals surface area contributed by atoms with Gasteiger partial charge in [-0.2, -0.15) is 0 Å². The van der Waals surface area contributed by atoms with Gasteiger partial charge < -0.3 is 10.2 Å². The first-order chi connectivity index (χ1) is 11.0. The molecule has 23 heavy (non-hydrogen) atoms. The van der Waals surface area contributed by atoms with E-state index in [9.17, 15) is 9.18 Å². The molecule has 5 heteroatoms. The van der Waals surface area contributed by atoms with Crippen LogP contribution in [-0.4, -0.2) is 31.4 Å². The number of hydrogen-bond donors (Lipinski definition) is 1. The molecule has 2 aromatic rings. The van der Waals surface area contributed by atoms with Crippen molar-refractivity contribution in [1.29, 1.82) is 0 Å². The highest BCUT2D eigenvalue weighted by molar-refractivity contribution is 9.10. The highest BCUT2D eigenvalue weighted by atomic mass is 79.9. The number of nitrogens with zero attached hydrogens (tertiary/aromatic N) is 1. The molecule has 3 nitrogen and oxygen atoms in total. The molecule has 0 aliphatic rings. The fourth-order valence-corrected chi connectivity index (χ4v) is 2.75. The average molecular weight is 379 g/mol. The Balaban J connectivity index is 2.18. The third kappa shape index (κ3) is 5.15. The summed E-state index contributed by atoms with van der Waals surface area (Å²) in [6.45, 7) is 0.818. The van der Waals surface area contributed by atoms with Crippen molar-refractivity contribution in [3.63, 3.8) is 0 Å². The van der Waals surface area contributed by atoms with E-state index in [2.05, 4.69) is 26.1 Å². The molecule has 122 valence electrons. The summed E-state index contributed by atoms with van der Waals surface area (Å²) in [5.41, 5.74) is 1.48. The van der Waals surface area contributed by atoms with Gasteiger partial charge in [-0.3, -0.25) is 4.79 Å². The molecule has 1 N–H and O–H groups in total. The summed E-state index contributed by atoms with van der Waals surface area (Å²) in [6.07, 6.45) is 0.745. The maximum Gasteiger partial charge on any atom is 0.252 e. The standard InChI is InChI=1S/C18H20BrFN2O/c1-22(2)12-11-17(13-7-9-14(20)10-8-13)21-18(23)15-5-3-4-6-16(15)19/h3-10,17H,11-12H2,1-2H3,(H,21,23). The van der Waals surface area contributed by atoms with Crippen molar-refractivity contribution in [1.82, 2.24) is 10.2 Å². The number of benzene rings is 2. The summed E-state index contributed by atoms with van der Waals surface area (Å²) in [4.78, 5) is 14.6. The van der Waals surface area contributed by atoms with Gasteiger partial charge >= 0.3 is 0 Å². The Hall–Kier alpha value is -1.72. The van der Waals surface area contributed by atoms with Crippen LogP contribution < -0.4 is 5.32 Å². The summed E-state index contributed by atoms with van der Waals surface area (Å²) in [7, 11) is 3.97. The molecular formula is C18H20BrFN2O. The first-order valence-electron chi connectivity index (χ1n) is 7.43. The molecule has 0 aromatic heterocycles.